The number of benzene rings is 1. The smallest absolute Gasteiger partial charge is 0.322 e. The van der Waals surface area contributed by atoms with Gasteiger partial charge < -0.3 is 14.6 Å². The van der Waals surface area contributed by atoms with Crippen molar-refractivity contribution in [3.63, 3.8) is 0 Å². The standard InChI is InChI=1S/C15H19NO6S/c17-15(18)12-4-1-2-7-16(12)23(19,20)11-5-6-13-14(10-11)22-9-3-8-21-13/h5-6,10,12H,1-4,7-9H2,(H,17,18)/t12-/m1/s1. The molecule has 0 bridgehead atoms. The van der Waals surface area contributed by atoms with Crippen LogP contribution in [0.2, 0.25) is 0 Å². The topological polar surface area (TPSA) is 93.1 Å². The van der Waals surface area contributed by atoms with Crippen LogP contribution < -0.4 is 9.47 Å². The molecule has 7 nitrogen and oxygen atoms in total. The quantitative estimate of drug-likeness (QED) is 0.895. The van der Waals surface area contributed by atoms with Gasteiger partial charge in [-0.1, -0.05) is 0 Å². The van der Waals surface area contributed by atoms with Crippen LogP contribution in [0.25, 0.3) is 0 Å². The molecule has 2 aliphatic rings. The van der Waals surface area contributed by atoms with Crippen LogP contribution in [-0.4, -0.2) is 49.6 Å². The maximum absolute atomic E-state index is 12.8. The van der Waals surface area contributed by atoms with Gasteiger partial charge in [0.25, 0.3) is 0 Å². The molecule has 0 unspecified atom stereocenters. The van der Waals surface area contributed by atoms with E-state index in [1.54, 1.807) is 6.07 Å². The third-order valence-corrected chi connectivity index (χ3v) is 5.97. The summed E-state index contributed by atoms with van der Waals surface area (Å²) < 4.78 is 37.8. The maximum atomic E-state index is 12.8. The molecule has 0 radical (unpaired) electrons. The van der Waals surface area contributed by atoms with Crippen molar-refractivity contribution in [1.82, 2.24) is 4.31 Å². The lowest BCUT2D eigenvalue weighted by molar-refractivity contribution is -0.142. The second kappa shape index (κ2) is 6.37. The normalized spacial score (nSPS) is 22.3. The highest BCUT2D eigenvalue weighted by Crippen LogP contribution is 2.34. The summed E-state index contributed by atoms with van der Waals surface area (Å²) in [6.45, 7) is 1.19. The molecule has 1 fully saturated rings. The Labute approximate surface area is 134 Å². The molecule has 126 valence electrons. The number of ether oxygens (including phenoxy) is 2. The van der Waals surface area contributed by atoms with Crippen molar-refractivity contribution in [3.8, 4) is 11.5 Å². The van der Waals surface area contributed by atoms with Crippen molar-refractivity contribution in [2.75, 3.05) is 19.8 Å². The summed E-state index contributed by atoms with van der Waals surface area (Å²) in [5.74, 6) is -0.218. The number of piperidine rings is 1. The van der Waals surface area contributed by atoms with Gasteiger partial charge in [-0.2, -0.15) is 4.31 Å². The Morgan fingerprint density at radius 3 is 2.61 bits per heavy atom. The Bertz CT molecular complexity index is 702. The van der Waals surface area contributed by atoms with E-state index in [1.807, 2.05) is 0 Å². The highest BCUT2D eigenvalue weighted by molar-refractivity contribution is 7.89. The van der Waals surface area contributed by atoms with Gasteiger partial charge in [-0.15, -0.1) is 0 Å². The number of aliphatic carboxylic acids is 1. The monoisotopic (exact) mass is 341 g/mol. The fourth-order valence-corrected chi connectivity index (χ4v) is 4.55. The van der Waals surface area contributed by atoms with Crippen LogP contribution in [0.5, 0.6) is 11.5 Å². The number of carboxylic acids is 1. The van der Waals surface area contributed by atoms with E-state index in [0.717, 1.165) is 10.7 Å². The fraction of sp³-hybridized carbons (Fsp3) is 0.533. The predicted octanol–water partition coefficient (Wildman–Crippen LogP) is 1.48. The number of hydrogen-bond donors (Lipinski definition) is 1. The summed E-state index contributed by atoms with van der Waals surface area (Å²) in [6.07, 6.45) is 2.43. The van der Waals surface area contributed by atoms with Gasteiger partial charge in [0.1, 0.15) is 6.04 Å². The SMILES string of the molecule is O=C(O)[C@H]1CCCCN1S(=O)(=O)c1ccc2c(c1)OCCCO2. The number of fused-ring (bicyclic) bond motifs is 1. The minimum absolute atomic E-state index is 0.0369. The second-order valence-corrected chi connectivity index (χ2v) is 7.52. The molecule has 0 amide bonds. The maximum Gasteiger partial charge on any atom is 0.322 e. The minimum Gasteiger partial charge on any atom is -0.490 e. The van der Waals surface area contributed by atoms with Crippen LogP contribution >= 0.6 is 0 Å². The lowest BCUT2D eigenvalue weighted by Crippen LogP contribution is -2.47. The zero-order valence-electron chi connectivity index (χ0n) is 12.6. The average molecular weight is 341 g/mol. The zero-order valence-corrected chi connectivity index (χ0v) is 13.4. The van der Waals surface area contributed by atoms with Crippen molar-refractivity contribution in [1.29, 1.82) is 0 Å². The molecule has 0 spiro atoms. The van der Waals surface area contributed by atoms with Crippen molar-refractivity contribution in [2.24, 2.45) is 0 Å². The number of rotatable bonds is 3. The molecule has 2 aliphatic heterocycles. The second-order valence-electron chi connectivity index (χ2n) is 5.62. The summed E-state index contributed by atoms with van der Waals surface area (Å²) in [5.41, 5.74) is 0. The lowest BCUT2D eigenvalue weighted by Gasteiger charge is -2.31. The van der Waals surface area contributed by atoms with Crippen molar-refractivity contribution < 1.29 is 27.8 Å². The Kier molecular flexibility index (Phi) is 4.45. The van der Waals surface area contributed by atoms with Gasteiger partial charge in [-0.3, -0.25) is 4.79 Å². The Balaban J connectivity index is 1.95. The van der Waals surface area contributed by atoms with Gasteiger partial charge in [0.2, 0.25) is 10.0 Å². The van der Waals surface area contributed by atoms with Gasteiger partial charge in [-0.25, -0.2) is 8.42 Å². The predicted molar refractivity (Wildman–Crippen MR) is 81.2 cm³/mol. The number of hydrogen-bond acceptors (Lipinski definition) is 5. The van der Waals surface area contributed by atoms with Crippen LogP contribution in [0.3, 0.4) is 0 Å². The Morgan fingerprint density at radius 1 is 1.13 bits per heavy atom. The summed E-state index contributed by atoms with van der Waals surface area (Å²) >= 11 is 0. The summed E-state index contributed by atoms with van der Waals surface area (Å²) in [4.78, 5) is 11.4. The molecule has 1 N–H and O–H groups in total. The first-order chi connectivity index (χ1) is 11.0. The molecule has 3 rings (SSSR count). The van der Waals surface area contributed by atoms with Gasteiger partial charge in [-0.05, 0) is 31.4 Å². The van der Waals surface area contributed by atoms with E-state index in [4.69, 9.17) is 9.47 Å². The van der Waals surface area contributed by atoms with Crippen LogP contribution in [0.4, 0.5) is 0 Å². The van der Waals surface area contributed by atoms with Gasteiger partial charge >= 0.3 is 5.97 Å². The number of carbonyl (C=O) groups is 1. The van der Waals surface area contributed by atoms with Gasteiger partial charge in [0, 0.05) is 19.0 Å². The average Bonchev–Trinajstić information content (AvgIpc) is 2.79. The third kappa shape index (κ3) is 3.13. The number of carboxylic acid groups (broad SMARTS) is 1. The summed E-state index contributed by atoms with van der Waals surface area (Å²) in [6, 6.07) is 3.41. The molecule has 1 saturated heterocycles. The van der Waals surface area contributed by atoms with E-state index >= 15 is 0 Å². The highest BCUT2D eigenvalue weighted by Gasteiger charge is 2.38. The van der Waals surface area contributed by atoms with Crippen LogP contribution in [0, 0.1) is 0 Å². The molecule has 0 aliphatic carbocycles. The molecule has 0 saturated carbocycles. The van der Waals surface area contributed by atoms with Crippen molar-refractivity contribution in [2.45, 2.75) is 36.6 Å². The Hall–Kier alpha value is -1.80. The molecule has 8 heteroatoms. The molecule has 0 aromatic heterocycles. The van der Waals surface area contributed by atoms with E-state index < -0.39 is 22.0 Å². The van der Waals surface area contributed by atoms with E-state index in [0.29, 0.717) is 44.0 Å². The zero-order chi connectivity index (χ0) is 16.4. The van der Waals surface area contributed by atoms with E-state index in [-0.39, 0.29) is 11.4 Å². The third-order valence-electron chi connectivity index (χ3n) is 4.06. The number of sulfonamides is 1. The molecular formula is C15H19NO6S. The number of nitrogens with zero attached hydrogens (tertiary/aromatic N) is 1. The lowest BCUT2D eigenvalue weighted by atomic mass is 10.1. The Morgan fingerprint density at radius 2 is 1.87 bits per heavy atom. The molecule has 1 atom stereocenters. The van der Waals surface area contributed by atoms with Crippen LogP contribution in [0.15, 0.2) is 23.1 Å². The van der Waals surface area contributed by atoms with Crippen molar-refractivity contribution in [3.05, 3.63) is 18.2 Å². The largest absolute Gasteiger partial charge is 0.490 e. The fourth-order valence-electron chi connectivity index (χ4n) is 2.88. The van der Waals surface area contributed by atoms with E-state index in [2.05, 4.69) is 0 Å². The molecular weight excluding hydrogens is 322 g/mol. The van der Waals surface area contributed by atoms with Gasteiger partial charge in [0.15, 0.2) is 11.5 Å². The molecule has 2 heterocycles. The molecule has 1 aromatic rings. The molecule has 1 aromatic carbocycles. The van der Waals surface area contributed by atoms with Crippen LogP contribution in [-0.2, 0) is 14.8 Å². The van der Waals surface area contributed by atoms with E-state index in [1.165, 1.54) is 12.1 Å². The highest BCUT2D eigenvalue weighted by atomic mass is 32.2. The van der Waals surface area contributed by atoms with Gasteiger partial charge in [0.05, 0.1) is 18.1 Å². The van der Waals surface area contributed by atoms with Crippen LogP contribution in [0.1, 0.15) is 25.7 Å². The van der Waals surface area contributed by atoms with E-state index in [9.17, 15) is 18.3 Å². The first-order valence-corrected chi connectivity index (χ1v) is 9.08. The first-order valence-electron chi connectivity index (χ1n) is 7.64. The minimum atomic E-state index is -3.88. The molecule has 23 heavy (non-hydrogen) atoms. The first kappa shape index (κ1) is 16.1. The summed E-state index contributed by atoms with van der Waals surface area (Å²) in [7, 11) is -3.88. The van der Waals surface area contributed by atoms with Crippen molar-refractivity contribution >= 4 is 16.0 Å². The summed E-state index contributed by atoms with van der Waals surface area (Å²) in [5, 5.41) is 9.30.